The molecule has 0 fully saturated rings. The molecule has 15 heavy (non-hydrogen) atoms. The van der Waals surface area contributed by atoms with Crippen LogP contribution in [0.2, 0.25) is 0 Å². The molecule has 1 atom stereocenters. The maximum atomic E-state index is 11.5. The number of hydrogen-bond donors (Lipinski definition) is 2. The molecule has 0 spiro atoms. The van der Waals surface area contributed by atoms with Gasteiger partial charge in [0.1, 0.15) is 0 Å². The van der Waals surface area contributed by atoms with Gasteiger partial charge < -0.3 is 11.1 Å². The van der Waals surface area contributed by atoms with E-state index in [9.17, 15) is 4.79 Å². The van der Waals surface area contributed by atoms with Crippen molar-refractivity contribution >= 4 is 5.91 Å². The van der Waals surface area contributed by atoms with Crippen LogP contribution in [0.4, 0.5) is 0 Å². The van der Waals surface area contributed by atoms with Gasteiger partial charge in [0, 0.05) is 25.8 Å². The first-order valence-electron chi connectivity index (χ1n) is 5.12. The molecule has 5 nitrogen and oxygen atoms in total. The van der Waals surface area contributed by atoms with Crippen molar-refractivity contribution in [2.75, 3.05) is 6.54 Å². The Kier molecular flexibility index (Phi) is 4.30. The second kappa shape index (κ2) is 5.50. The number of carbonyl (C=O) groups is 1. The number of aromatic nitrogens is 2. The fraction of sp³-hybridized carbons (Fsp3) is 0.600. The van der Waals surface area contributed by atoms with Crippen molar-refractivity contribution in [2.24, 2.45) is 12.8 Å². The van der Waals surface area contributed by atoms with Crippen LogP contribution in [-0.2, 0) is 7.05 Å². The van der Waals surface area contributed by atoms with E-state index >= 15 is 0 Å². The number of nitrogens with two attached hydrogens (primary N) is 1. The Bertz CT molecular complexity index is 319. The van der Waals surface area contributed by atoms with Crippen molar-refractivity contribution < 1.29 is 4.79 Å². The Morgan fingerprint density at radius 3 is 3.00 bits per heavy atom. The third-order valence-electron chi connectivity index (χ3n) is 2.09. The zero-order valence-electron chi connectivity index (χ0n) is 9.23. The number of carbonyl (C=O) groups excluding carboxylic acids is 1. The Hall–Kier alpha value is -1.36. The molecular formula is C10H18N4O. The van der Waals surface area contributed by atoms with Crippen LogP contribution in [0.15, 0.2) is 12.4 Å². The molecule has 3 N–H and O–H groups in total. The summed E-state index contributed by atoms with van der Waals surface area (Å²) in [5.41, 5.74) is 6.19. The number of amides is 1. The van der Waals surface area contributed by atoms with E-state index in [4.69, 9.17) is 5.73 Å². The summed E-state index contributed by atoms with van der Waals surface area (Å²) in [6, 6.07) is 0.195. The zero-order chi connectivity index (χ0) is 11.3. The lowest BCUT2D eigenvalue weighted by Gasteiger charge is -2.05. The monoisotopic (exact) mass is 210 g/mol. The molecule has 1 amide bonds. The van der Waals surface area contributed by atoms with Crippen LogP contribution in [0, 0.1) is 0 Å². The predicted octanol–water partition coefficient (Wildman–Crippen LogP) is 0.277. The molecule has 0 radical (unpaired) electrons. The molecular weight excluding hydrogens is 192 g/mol. The fourth-order valence-electron chi connectivity index (χ4n) is 1.27. The van der Waals surface area contributed by atoms with Crippen molar-refractivity contribution in [1.29, 1.82) is 0 Å². The minimum Gasteiger partial charge on any atom is -0.352 e. The lowest BCUT2D eigenvalue weighted by atomic mass is 10.2. The molecule has 0 aliphatic rings. The summed E-state index contributed by atoms with van der Waals surface area (Å²) >= 11 is 0. The Morgan fingerprint density at radius 2 is 2.47 bits per heavy atom. The first kappa shape index (κ1) is 11.7. The van der Waals surface area contributed by atoms with Gasteiger partial charge in [-0.15, -0.1) is 0 Å². The smallest absolute Gasteiger partial charge is 0.254 e. The summed E-state index contributed by atoms with van der Waals surface area (Å²) in [4.78, 5) is 11.5. The highest BCUT2D eigenvalue weighted by atomic mass is 16.1. The van der Waals surface area contributed by atoms with E-state index in [1.165, 1.54) is 0 Å². The molecule has 84 valence electrons. The van der Waals surface area contributed by atoms with Gasteiger partial charge in [-0.3, -0.25) is 9.48 Å². The van der Waals surface area contributed by atoms with E-state index in [0.717, 1.165) is 12.8 Å². The highest BCUT2D eigenvalue weighted by Gasteiger charge is 2.06. The lowest BCUT2D eigenvalue weighted by molar-refractivity contribution is 0.0952. The van der Waals surface area contributed by atoms with E-state index in [-0.39, 0.29) is 11.9 Å². The highest BCUT2D eigenvalue weighted by molar-refractivity contribution is 5.93. The molecule has 0 aliphatic heterocycles. The predicted molar refractivity (Wildman–Crippen MR) is 58.4 cm³/mol. The molecule has 1 aromatic heterocycles. The molecule has 5 heteroatoms. The van der Waals surface area contributed by atoms with Crippen LogP contribution in [0.3, 0.4) is 0 Å². The van der Waals surface area contributed by atoms with Gasteiger partial charge in [0.15, 0.2) is 0 Å². The first-order chi connectivity index (χ1) is 7.09. The number of nitrogens with one attached hydrogen (secondary N) is 1. The first-order valence-corrected chi connectivity index (χ1v) is 5.12. The average Bonchev–Trinajstić information content (AvgIpc) is 2.59. The lowest BCUT2D eigenvalue weighted by Crippen LogP contribution is -2.25. The molecule has 1 unspecified atom stereocenters. The van der Waals surface area contributed by atoms with E-state index < -0.39 is 0 Å². The van der Waals surface area contributed by atoms with Crippen LogP contribution >= 0.6 is 0 Å². The molecule has 0 aromatic carbocycles. The van der Waals surface area contributed by atoms with Gasteiger partial charge in [-0.2, -0.15) is 5.10 Å². The van der Waals surface area contributed by atoms with E-state index in [0.29, 0.717) is 12.1 Å². The molecule has 1 aromatic rings. The Morgan fingerprint density at radius 1 is 1.73 bits per heavy atom. The maximum Gasteiger partial charge on any atom is 0.254 e. The number of aryl methyl sites for hydroxylation is 1. The number of hydrogen-bond acceptors (Lipinski definition) is 3. The van der Waals surface area contributed by atoms with Crippen LogP contribution in [0.25, 0.3) is 0 Å². The van der Waals surface area contributed by atoms with Crippen LogP contribution in [0.5, 0.6) is 0 Å². The van der Waals surface area contributed by atoms with Crippen LogP contribution in [0.1, 0.15) is 30.1 Å². The standard InChI is InChI=1S/C10H18N4O/c1-8(11)4-3-5-12-10(15)9-6-13-14(2)7-9/h6-8H,3-5,11H2,1-2H3,(H,12,15). The van der Waals surface area contributed by atoms with Gasteiger partial charge >= 0.3 is 0 Å². The van der Waals surface area contributed by atoms with E-state index in [2.05, 4.69) is 10.4 Å². The summed E-state index contributed by atoms with van der Waals surface area (Å²) in [5.74, 6) is -0.0761. The van der Waals surface area contributed by atoms with Gasteiger partial charge in [-0.05, 0) is 19.8 Å². The zero-order valence-corrected chi connectivity index (χ0v) is 9.23. The van der Waals surface area contributed by atoms with Crippen molar-refractivity contribution in [3.8, 4) is 0 Å². The molecule has 0 bridgehead atoms. The minimum absolute atomic E-state index is 0.0761. The second-order valence-electron chi connectivity index (χ2n) is 3.78. The third-order valence-corrected chi connectivity index (χ3v) is 2.09. The molecule has 0 saturated heterocycles. The topological polar surface area (TPSA) is 72.9 Å². The SMILES string of the molecule is CC(N)CCCNC(=O)c1cnn(C)c1. The number of nitrogens with zero attached hydrogens (tertiary/aromatic N) is 2. The van der Waals surface area contributed by atoms with Gasteiger partial charge in [0.05, 0.1) is 11.8 Å². The van der Waals surface area contributed by atoms with E-state index in [1.54, 1.807) is 24.1 Å². The molecule has 0 aliphatic carbocycles. The largest absolute Gasteiger partial charge is 0.352 e. The van der Waals surface area contributed by atoms with Gasteiger partial charge in [0.2, 0.25) is 0 Å². The average molecular weight is 210 g/mol. The summed E-state index contributed by atoms with van der Waals surface area (Å²) in [5, 5.41) is 6.75. The highest BCUT2D eigenvalue weighted by Crippen LogP contribution is 1.96. The molecule has 0 saturated carbocycles. The van der Waals surface area contributed by atoms with Crippen molar-refractivity contribution in [3.05, 3.63) is 18.0 Å². The van der Waals surface area contributed by atoms with E-state index in [1.807, 2.05) is 6.92 Å². The summed E-state index contributed by atoms with van der Waals surface area (Å²) in [6.07, 6.45) is 5.08. The van der Waals surface area contributed by atoms with Crippen molar-refractivity contribution in [3.63, 3.8) is 0 Å². The van der Waals surface area contributed by atoms with Gasteiger partial charge in [-0.25, -0.2) is 0 Å². The van der Waals surface area contributed by atoms with Gasteiger partial charge in [-0.1, -0.05) is 0 Å². The van der Waals surface area contributed by atoms with Crippen molar-refractivity contribution in [2.45, 2.75) is 25.8 Å². The summed E-state index contributed by atoms with van der Waals surface area (Å²) in [7, 11) is 1.78. The molecule has 1 heterocycles. The fourth-order valence-corrected chi connectivity index (χ4v) is 1.27. The second-order valence-corrected chi connectivity index (χ2v) is 3.78. The molecule has 1 rings (SSSR count). The maximum absolute atomic E-state index is 11.5. The van der Waals surface area contributed by atoms with Crippen molar-refractivity contribution in [1.82, 2.24) is 15.1 Å². The van der Waals surface area contributed by atoms with Crippen LogP contribution < -0.4 is 11.1 Å². The third kappa shape index (κ3) is 4.12. The summed E-state index contributed by atoms with van der Waals surface area (Å²) in [6.45, 7) is 2.62. The van der Waals surface area contributed by atoms with Gasteiger partial charge in [0.25, 0.3) is 5.91 Å². The quantitative estimate of drug-likeness (QED) is 0.685. The van der Waals surface area contributed by atoms with Crippen LogP contribution in [-0.4, -0.2) is 28.3 Å². The Labute approximate surface area is 89.6 Å². The normalized spacial score (nSPS) is 12.5. The number of rotatable bonds is 5. The Balaban J connectivity index is 2.25. The summed E-state index contributed by atoms with van der Waals surface area (Å²) < 4.78 is 1.61. The minimum atomic E-state index is -0.0761.